The second-order valence-electron chi connectivity index (χ2n) is 9.46. The average Bonchev–Trinajstić information content (AvgIpc) is 3.29. The second-order valence-corrected chi connectivity index (χ2v) is 11.6. The number of hydrogen-bond acceptors (Lipinski definition) is 8. The maximum atomic E-state index is 15.9. The van der Waals surface area contributed by atoms with Crippen LogP contribution in [0.15, 0.2) is 43.1 Å². The van der Waals surface area contributed by atoms with Crippen molar-refractivity contribution >= 4 is 33.4 Å². The van der Waals surface area contributed by atoms with Crippen LogP contribution in [0.25, 0.3) is 22.5 Å². The lowest BCUT2D eigenvalue weighted by molar-refractivity contribution is 0.255. The molecule has 11 nitrogen and oxygen atoms in total. The van der Waals surface area contributed by atoms with Crippen LogP contribution in [0.3, 0.4) is 0 Å². The SMILES string of the molecule is C=C(N[C@@H](C)CNc1nccc(-c2nn(C(C)C)cc2-c2cc(Cl)cc(NS(=O)(=O)N3CCC3)c2F)n1)OC. The zero-order valence-corrected chi connectivity index (χ0v) is 23.8. The summed E-state index contributed by atoms with van der Waals surface area (Å²) < 4.78 is 51.5. The number of nitrogens with zero attached hydrogens (tertiary/aromatic N) is 5. The molecule has 0 saturated carbocycles. The summed E-state index contributed by atoms with van der Waals surface area (Å²) >= 11 is 6.34. The predicted octanol–water partition coefficient (Wildman–Crippen LogP) is 4.25. The first kappa shape index (κ1) is 28.6. The van der Waals surface area contributed by atoms with Crippen LogP contribution in [0.4, 0.5) is 16.0 Å². The van der Waals surface area contributed by atoms with Crippen molar-refractivity contribution in [3.05, 3.63) is 53.9 Å². The van der Waals surface area contributed by atoms with Crippen molar-refractivity contribution in [2.24, 2.45) is 0 Å². The molecule has 0 aliphatic carbocycles. The van der Waals surface area contributed by atoms with Crippen LogP contribution in [-0.4, -0.2) is 65.3 Å². The summed E-state index contributed by atoms with van der Waals surface area (Å²) in [5, 5.41) is 11.1. The molecule has 1 aliphatic heterocycles. The van der Waals surface area contributed by atoms with E-state index in [9.17, 15) is 8.42 Å². The fraction of sp³-hybridized carbons (Fsp3) is 0.400. The molecule has 0 bridgehead atoms. The molecular formula is C25H32ClFN8O3S. The minimum absolute atomic E-state index is 0.0283. The molecule has 1 aliphatic rings. The first-order valence-electron chi connectivity index (χ1n) is 12.4. The predicted molar refractivity (Wildman–Crippen MR) is 150 cm³/mol. The summed E-state index contributed by atoms with van der Waals surface area (Å²) in [6, 6.07) is 4.31. The van der Waals surface area contributed by atoms with Crippen molar-refractivity contribution in [1.29, 1.82) is 0 Å². The van der Waals surface area contributed by atoms with Gasteiger partial charge >= 0.3 is 10.2 Å². The third-order valence-electron chi connectivity index (χ3n) is 6.10. The highest BCUT2D eigenvalue weighted by molar-refractivity contribution is 7.90. The monoisotopic (exact) mass is 578 g/mol. The van der Waals surface area contributed by atoms with E-state index in [4.69, 9.17) is 16.3 Å². The van der Waals surface area contributed by atoms with Gasteiger partial charge in [0.15, 0.2) is 11.7 Å². The Morgan fingerprint density at radius 1 is 1.26 bits per heavy atom. The molecule has 14 heteroatoms. The quantitative estimate of drug-likeness (QED) is 0.272. The lowest BCUT2D eigenvalue weighted by Gasteiger charge is -2.30. The molecule has 0 spiro atoms. The number of rotatable bonds is 12. The van der Waals surface area contributed by atoms with E-state index >= 15 is 4.39 Å². The summed E-state index contributed by atoms with van der Waals surface area (Å²) in [5.74, 6) is 0.0282. The summed E-state index contributed by atoms with van der Waals surface area (Å²) in [4.78, 5) is 8.88. The number of halogens is 2. The zero-order chi connectivity index (χ0) is 28.3. The molecule has 2 aromatic heterocycles. The molecule has 0 radical (unpaired) electrons. The van der Waals surface area contributed by atoms with Crippen LogP contribution >= 0.6 is 11.6 Å². The first-order chi connectivity index (χ1) is 18.5. The Bertz CT molecular complexity index is 1460. The first-order valence-corrected chi connectivity index (χ1v) is 14.2. The molecule has 210 valence electrons. The highest BCUT2D eigenvalue weighted by atomic mass is 35.5. The van der Waals surface area contributed by atoms with E-state index in [1.54, 1.807) is 23.1 Å². The Morgan fingerprint density at radius 3 is 2.64 bits per heavy atom. The van der Waals surface area contributed by atoms with Crippen LogP contribution in [0.5, 0.6) is 0 Å². The van der Waals surface area contributed by atoms with Gasteiger partial charge in [-0.1, -0.05) is 11.6 Å². The van der Waals surface area contributed by atoms with Crippen LogP contribution in [-0.2, 0) is 14.9 Å². The molecule has 0 amide bonds. The van der Waals surface area contributed by atoms with Gasteiger partial charge in [-0.05, 0) is 52.0 Å². The summed E-state index contributed by atoms with van der Waals surface area (Å²) in [6.07, 6.45) is 4.03. The fourth-order valence-electron chi connectivity index (χ4n) is 3.84. The number of hydrogen-bond donors (Lipinski definition) is 3. The smallest absolute Gasteiger partial charge is 0.301 e. The van der Waals surface area contributed by atoms with Crippen LogP contribution in [0.1, 0.15) is 33.2 Å². The van der Waals surface area contributed by atoms with Crippen molar-refractivity contribution in [2.75, 3.05) is 36.8 Å². The molecule has 0 unspecified atom stereocenters. The van der Waals surface area contributed by atoms with Gasteiger partial charge in [-0.2, -0.15) is 17.8 Å². The van der Waals surface area contributed by atoms with Gasteiger partial charge in [0.25, 0.3) is 0 Å². The number of anilines is 2. The van der Waals surface area contributed by atoms with Gasteiger partial charge in [0.2, 0.25) is 5.95 Å². The minimum atomic E-state index is -3.90. The largest absolute Gasteiger partial charge is 0.483 e. The van der Waals surface area contributed by atoms with Gasteiger partial charge < -0.3 is 15.4 Å². The molecule has 4 rings (SSSR count). The van der Waals surface area contributed by atoms with E-state index in [1.807, 2.05) is 20.8 Å². The van der Waals surface area contributed by atoms with E-state index < -0.39 is 16.0 Å². The molecule has 3 N–H and O–H groups in total. The molecule has 3 aromatic rings. The van der Waals surface area contributed by atoms with E-state index in [0.717, 1.165) is 6.42 Å². The molecule has 1 atom stereocenters. The maximum absolute atomic E-state index is 15.9. The maximum Gasteiger partial charge on any atom is 0.301 e. The Labute approximate surface area is 232 Å². The van der Waals surface area contributed by atoms with Crippen molar-refractivity contribution in [2.45, 2.75) is 39.3 Å². The van der Waals surface area contributed by atoms with Gasteiger partial charge in [-0.25, -0.2) is 14.4 Å². The van der Waals surface area contributed by atoms with Crippen LogP contribution < -0.4 is 15.4 Å². The molecule has 1 saturated heterocycles. The van der Waals surface area contributed by atoms with Gasteiger partial charge in [0.1, 0.15) is 5.69 Å². The van der Waals surface area contributed by atoms with Crippen molar-refractivity contribution < 1.29 is 17.5 Å². The Hall–Kier alpha value is -3.42. The van der Waals surface area contributed by atoms with Crippen LogP contribution in [0, 0.1) is 5.82 Å². The molecule has 1 aromatic carbocycles. The van der Waals surface area contributed by atoms with Gasteiger partial charge in [0, 0.05) is 60.3 Å². The lowest BCUT2D eigenvalue weighted by Crippen LogP contribution is -2.45. The Balaban J connectivity index is 1.69. The van der Waals surface area contributed by atoms with E-state index in [-0.39, 0.29) is 28.4 Å². The molecule has 1 fully saturated rings. The summed E-state index contributed by atoms with van der Waals surface area (Å²) in [6.45, 7) is 10.8. The topological polar surface area (TPSA) is 126 Å². The van der Waals surface area contributed by atoms with Crippen LogP contribution in [0.2, 0.25) is 5.02 Å². The summed E-state index contributed by atoms with van der Waals surface area (Å²) in [5.41, 5.74) is 1.10. The Kier molecular flexibility index (Phi) is 8.62. The number of ether oxygens (including phenoxy) is 1. The lowest BCUT2D eigenvalue weighted by atomic mass is 10.0. The molecule has 39 heavy (non-hydrogen) atoms. The number of aromatic nitrogens is 4. The minimum Gasteiger partial charge on any atom is -0.483 e. The summed E-state index contributed by atoms with van der Waals surface area (Å²) in [7, 11) is -2.37. The van der Waals surface area contributed by atoms with Crippen molar-refractivity contribution in [3.8, 4) is 22.5 Å². The normalized spacial score (nSPS) is 14.5. The average molecular weight is 579 g/mol. The third kappa shape index (κ3) is 6.60. The number of benzene rings is 1. The van der Waals surface area contributed by atoms with Gasteiger partial charge in [0.05, 0.1) is 18.5 Å². The van der Waals surface area contributed by atoms with Crippen molar-refractivity contribution in [1.82, 2.24) is 29.4 Å². The zero-order valence-electron chi connectivity index (χ0n) is 22.2. The highest BCUT2D eigenvalue weighted by Gasteiger charge is 2.29. The number of methoxy groups -OCH3 is 1. The highest BCUT2D eigenvalue weighted by Crippen LogP contribution is 2.37. The van der Waals surface area contributed by atoms with Gasteiger partial charge in [-0.15, -0.1) is 0 Å². The van der Waals surface area contributed by atoms with Crippen molar-refractivity contribution in [3.63, 3.8) is 0 Å². The third-order valence-corrected chi connectivity index (χ3v) is 7.84. The van der Waals surface area contributed by atoms with Gasteiger partial charge in [-0.3, -0.25) is 9.40 Å². The van der Waals surface area contributed by atoms with E-state index in [0.29, 0.717) is 48.4 Å². The Morgan fingerprint density at radius 2 is 2.00 bits per heavy atom. The standard InChI is InChI=1S/C25H32ClFN8O3S/c1-15(2)35-14-20(19-11-18(26)12-22(23(19)27)33-39(36,37)34-9-6-10-34)24(32-35)21-7-8-28-25(31-21)29-13-16(3)30-17(4)38-5/h7-8,11-12,14-16,30,33H,4,6,9-10,13H2,1-3,5H3,(H,28,29,31)/t16-/m0/s1. The second kappa shape index (κ2) is 11.8. The molecule has 3 heterocycles. The number of nitrogens with one attached hydrogen (secondary N) is 3. The van der Waals surface area contributed by atoms with E-state index in [1.165, 1.54) is 23.5 Å². The molecular weight excluding hydrogens is 547 g/mol. The van der Waals surface area contributed by atoms with E-state index in [2.05, 4.69) is 37.0 Å². The fourth-order valence-corrected chi connectivity index (χ4v) is 5.35.